The molecule has 4 rings (SSSR count). The number of nitrogens with zero attached hydrogens (tertiary/aromatic N) is 2. The molecule has 0 saturated carbocycles. The summed E-state index contributed by atoms with van der Waals surface area (Å²) in [5.74, 6) is 0.0669. The Labute approximate surface area is 190 Å². The van der Waals surface area contributed by atoms with Gasteiger partial charge in [0.25, 0.3) is 0 Å². The van der Waals surface area contributed by atoms with E-state index >= 15 is 0 Å². The van der Waals surface area contributed by atoms with Crippen molar-refractivity contribution in [3.63, 3.8) is 0 Å². The van der Waals surface area contributed by atoms with Gasteiger partial charge in [0.15, 0.2) is 5.78 Å². The molecule has 7 heteroatoms. The van der Waals surface area contributed by atoms with Crippen LogP contribution in [0.4, 0.5) is 0 Å². The molecule has 1 N–H and O–H groups in total. The quantitative estimate of drug-likeness (QED) is 0.595. The van der Waals surface area contributed by atoms with E-state index in [0.717, 1.165) is 44.4 Å². The fourth-order valence-electron chi connectivity index (χ4n) is 4.74. The number of sulfonamides is 1. The summed E-state index contributed by atoms with van der Waals surface area (Å²) in [5, 5.41) is 0.942. The summed E-state index contributed by atoms with van der Waals surface area (Å²) >= 11 is 0. The van der Waals surface area contributed by atoms with Gasteiger partial charge in [-0.3, -0.25) is 9.69 Å². The van der Waals surface area contributed by atoms with Crippen LogP contribution in [0.2, 0.25) is 0 Å². The van der Waals surface area contributed by atoms with Crippen molar-refractivity contribution in [3.8, 4) is 0 Å². The third kappa shape index (κ3) is 3.89. The minimum atomic E-state index is -3.58. The van der Waals surface area contributed by atoms with E-state index in [1.807, 2.05) is 65.0 Å². The molecule has 0 unspecified atom stereocenters. The van der Waals surface area contributed by atoms with Gasteiger partial charge >= 0.3 is 0 Å². The maximum atomic E-state index is 13.5. The number of ketones is 1. The third-order valence-electron chi connectivity index (χ3n) is 6.77. The van der Waals surface area contributed by atoms with Gasteiger partial charge in [-0.2, -0.15) is 4.31 Å². The number of para-hydroxylation sites is 1. The number of piperazine rings is 1. The second kappa shape index (κ2) is 8.46. The number of benzene rings is 2. The number of nitrogens with one attached hydrogen (secondary N) is 1. The van der Waals surface area contributed by atoms with Crippen LogP contribution in [-0.2, 0) is 10.0 Å². The largest absolute Gasteiger partial charge is 0.358 e. The van der Waals surface area contributed by atoms with Gasteiger partial charge in [0.2, 0.25) is 10.0 Å². The van der Waals surface area contributed by atoms with E-state index in [-0.39, 0.29) is 12.3 Å². The summed E-state index contributed by atoms with van der Waals surface area (Å²) in [7, 11) is -3.58. The molecule has 0 spiro atoms. The molecule has 2 heterocycles. The number of carbonyl (C=O) groups excluding carboxylic acids is 1. The van der Waals surface area contributed by atoms with E-state index in [9.17, 15) is 13.2 Å². The molecule has 32 heavy (non-hydrogen) atoms. The zero-order valence-corrected chi connectivity index (χ0v) is 20.3. The van der Waals surface area contributed by atoms with Gasteiger partial charge in [-0.05, 0) is 62.9 Å². The van der Waals surface area contributed by atoms with Crippen LogP contribution < -0.4 is 0 Å². The Bertz CT molecular complexity index is 1270. The van der Waals surface area contributed by atoms with Gasteiger partial charge in [0.1, 0.15) is 0 Å². The molecule has 1 aromatic heterocycles. The number of hydrogen-bond acceptors (Lipinski definition) is 4. The Morgan fingerprint density at radius 2 is 1.53 bits per heavy atom. The molecule has 0 bridgehead atoms. The first kappa shape index (κ1) is 22.7. The summed E-state index contributed by atoms with van der Waals surface area (Å²) in [6.07, 6.45) is 0. The van der Waals surface area contributed by atoms with Crippen LogP contribution in [0.1, 0.15) is 38.3 Å². The lowest BCUT2D eigenvalue weighted by Crippen LogP contribution is -2.50. The van der Waals surface area contributed by atoms with E-state index in [1.54, 1.807) is 4.31 Å². The highest BCUT2D eigenvalue weighted by atomic mass is 32.2. The van der Waals surface area contributed by atoms with Crippen LogP contribution in [0, 0.1) is 34.6 Å². The van der Waals surface area contributed by atoms with Gasteiger partial charge in [-0.25, -0.2) is 8.42 Å². The highest BCUT2D eigenvalue weighted by molar-refractivity contribution is 7.89. The van der Waals surface area contributed by atoms with Crippen molar-refractivity contribution in [2.45, 2.75) is 39.5 Å². The summed E-state index contributed by atoms with van der Waals surface area (Å²) in [4.78, 5) is 18.9. The van der Waals surface area contributed by atoms with Gasteiger partial charge in [-0.15, -0.1) is 0 Å². The van der Waals surface area contributed by atoms with E-state index < -0.39 is 10.0 Å². The molecule has 0 amide bonds. The molecular weight excluding hydrogens is 422 g/mol. The smallest absolute Gasteiger partial charge is 0.243 e. The van der Waals surface area contributed by atoms with Crippen LogP contribution >= 0.6 is 0 Å². The number of carbonyl (C=O) groups is 1. The lowest BCUT2D eigenvalue weighted by atomic mass is 10.0. The van der Waals surface area contributed by atoms with Crippen molar-refractivity contribution < 1.29 is 13.2 Å². The maximum Gasteiger partial charge on any atom is 0.243 e. The summed E-state index contributed by atoms with van der Waals surface area (Å²) in [6, 6.07) is 9.86. The second-order valence-corrected chi connectivity index (χ2v) is 10.7. The predicted octanol–water partition coefficient (Wildman–Crippen LogP) is 3.90. The SMILES string of the molecule is Cc1cc(C)c(C)c(S(=O)(=O)N2CCN(CC(=O)c3c(C)[nH]c4ccccc34)CC2)c1C. The molecule has 1 saturated heterocycles. The van der Waals surface area contributed by atoms with Crippen molar-refractivity contribution in [2.24, 2.45) is 0 Å². The first-order chi connectivity index (χ1) is 15.1. The number of aromatic amines is 1. The van der Waals surface area contributed by atoms with Crippen molar-refractivity contribution in [3.05, 3.63) is 63.8 Å². The van der Waals surface area contributed by atoms with Crippen LogP contribution in [0.15, 0.2) is 35.2 Å². The fraction of sp³-hybridized carbons (Fsp3) is 0.400. The van der Waals surface area contributed by atoms with Crippen LogP contribution in [0.3, 0.4) is 0 Å². The molecule has 0 aliphatic carbocycles. The van der Waals surface area contributed by atoms with Crippen molar-refractivity contribution in [2.75, 3.05) is 32.7 Å². The molecular formula is C25H31N3O3S. The molecule has 2 aromatic carbocycles. The first-order valence-corrected chi connectivity index (χ1v) is 12.5. The number of H-pyrrole nitrogens is 1. The number of rotatable bonds is 5. The molecule has 0 atom stereocenters. The first-order valence-electron chi connectivity index (χ1n) is 11.0. The molecule has 6 nitrogen and oxygen atoms in total. The monoisotopic (exact) mass is 453 g/mol. The molecule has 0 radical (unpaired) electrons. The van der Waals surface area contributed by atoms with Crippen LogP contribution in [0.5, 0.6) is 0 Å². The number of aromatic nitrogens is 1. The number of Topliss-reactive ketones (excluding diaryl/α,β-unsaturated/α-hetero) is 1. The van der Waals surface area contributed by atoms with E-state index in [4.69, 9.17) is 0 Å². The highest BCUT2D eigenvalue weighted by Crippen LogP contribution is 2.29. The maximum absolute atomic E-state index is 13.5. The van der Waals surface area contributed by atoms with Gasteiger partial charge in [0.05, 0.1) is 11.4 Å². The average Bonchev–Trinajstić information content (AvgIpc) is 3.08. The summed E-state index contributed by atoms with van der Waals surface area (Å²) in [6.45, 7) is 11.7. The topological polar surface area (TPSA) is 73.5 Å². The van der Waals surface area contributed by atoms with Crippen molar-refractivity contribution in [1.82, 2.24) is 14.2 Å². The van der Waals surface area contributed by atoms with E-state index in [0.29, 0.717) is 31.1 Å². The van der Waals surface area contributed by atoms with Gasteiger partial charge in [-0.1, -0.05) is 24.3 Å². The van der Waals surface area contributed by atoms with E-state index in [1.165, 1.54) is 0 Å². The Morgan fingerprint density at radius 3 is 2.16 bits per heavy atom. The minimum Gasteiger partial charge on any atom is -0.358 e. The van der Waals surface area contributed by atoms with Gasteiger partial charge < -0.3 is 4.98 Å². The highest BCUT2D eigenvalue weighted by Gasteiger charge is 2.32. The molecule has 1 aliphatic rings. The Balaban J connectivity index is 1.49. The molecule has 1 aliphatic heterocycles. The Morgan fingerprint density at radius 1 is 0.938 bits per heavy atom. The zero-order chi connectivity index (χ0) is 23.2. The number of aryl methyl sites for hydroxylation is 3. The summed E-state index contributed by atoms with van der Waals surface area (Å²) < 4.78 is 28.5. The van der Waals surface area contributed by atoms with Crippen molar-refractivity contribution in [1.29, 1.82) is 0 Å². The van der Waals surface area contributed by atoms with Gasteiger partial charge in [0, 0.05) is 48.3 Å². The molecule has 1 fully saturated rings. The molecule has 170 valence electrons. The Kier molecular flexibility index (Phi) is 6.00. The Hall–Kier alpha value is -2.48. The lowest BCUT2D eigenvalue weighted by molar-refractivity contribution is 0.0903. The third-order valence-corrected chi connectivity index (χ3v) is 8.94. The van der Waals surface area contributed by atoms with E-state index in [2.05, 4.69) is 9.88 Å². The minimum absolute atomic E-state index is 0.0669. The second-order valence-electron chi connectivity index (χ2n) is 8.86. The van der Waals surface area contributed by atoms with Crippen LogP contribution in [0.25, 0.3) is 10.9 Å². The molecule has 3 aromatic rings. The fourth-order valence-corrected chi connectivity index (χ4v) is 6.74. The summed E-state index contributed by atoms with van der Waals surface area (Å²) in [5.41, 5.74) is 6.19. The van der Waals surface area contributed by atoms with Crippen molar-refractivity contribution >= 4 is 26.7 Å². The number of fused-ring (bicyclic) bond motifs is 1. The van der Waals surface area contributed by atoms with Crippen LogP contribution in [-0.4, -0.2) is 61.1 Å². The average molecular weight is 454 g/mol. The number of hydrogen-bond donors (Lipinski definition) is 1. The zero-order valence-electron chi connectivity index (χ0n) is 19.4. The standard InChI is InChI=1S/C25H31N3O3S/c1-16-14-17(2)19(4)25(18(16)3)32(30,31)28-12-10-27(11-13-28)15-23(29)24-20(5)26-22-9-7-6-8-21(22)24/h6-9,14,26H,10-13,15H2,1-5H3. The predicted molar refractivity (Wildman–Crippen MR) is 128 cm³/mol. The lowest BCUT2D eigenvalue weighted by Gasteiger charge is -2.34. The normalized spacial score (nSPS) is 16.0.